The lowest BCUT2D eigenvalue weighted by Gasteiger charge is -2.34. The predicted octanol–water partition coefficient (Wildman–Crippen LogP) is 2.51. The molecule has 1 aromatic rings. The van der Waals surface area contributed by atoms with Gasteiger partial charge in [0.15, 0.2) is 5.96 Å². The maximum absolute atomic E-state index is 13.4. The van der Waals surface area contributed by atoms with Gasteiger partial charge in [-0.15, -0.1) is 0 Å². The molecule has 0 unspecified atom stereocenters. The van der Waals surface area contributed by atoms with Crippen LogP contribution in [-0.2, 0) is 4.79 Å². The number of guanidine groups is 1. The Labute approximate surface area is 168 Å². The monoisotopic (exact) mass is 391 g/mol. The highest BCUT2D eigenvalue weighted by Crippen LogP contribution is 2.20. The summed E-state index contributed by atoms with van der Waals surface area (Å²) in [7, 11) is 0. The Morgan fingerprint density at radius 2 is 1.96 bits per heavy atom. The molecule has 28 heavy (non-hydrogen) atoms. The molecule has 0 aliphatic carbocycles. The Balaban J connectivity index is 1.80. The van der Waals surface area contributed by atoms with Crippen LogP contribution < -0.4 is 20.9 Å². The summed E-state index contributed by atoms with van der Waals surface area (Å²) in [5.41, 5.74) is 0.552. The van der Waals surface area contributed by atoms with Crippen molar-refractivity contribution in [1.29, 1.82) is 0 Å². The number of halogens is 1. The van der Waals surface area contributed by atoms with Gasteiger partial charge in [-0.2, -0.15) is 0 Å². The highest BCUT2D eigenvalue weighted by atomic mass is 19.1. The van der Waals surface area contributed by atoms with Crippen LogP contribution in [-0.4, -0.2) is 50.6 Å². The molecular weight excluding hydrogens is 357 g/mol. The van der Waals surface area contributed by atoms with Crippen LogP contribution in [0, 0.1) is 11.2 Å². The third kappa shape index (κ3) is 7.02. The van der Waals surface area contributed by atoms with Crippen LogP contribution in [0.4, 0.5) is 10.1 Å². The Morgan fingerprint density at radius 3 is 2.57 bits per heavy atom. The van der Waals surface area contributed by atoms with Crippen LogP contribution in [0.25, 0.3) is 0 Å². The molecule has 1 aliphatic heterocycles. The summed E-state index contributed by atoms with van der Waals surface area (Å²) in [6, 6.07) is 7.09. The minimum absolute atomic E-state index is 0.0328. The normalized spacial score (nSPS) is 16.0. The van der Waals surface area contributed by atoms with Crippen LogP contribution in [0.2, 0.25) is 0 Å². The molecule has 0 spiro atoms. The van der Waals surface area contributed by atoms with E-state index in [1.807, 2.05) is 33.8 Å². The molecule has 1 amide bonds. The van der Waals surface area contributed by atoms with E-state index in [-0.39, 0.29) is 17.1 Å². The van der Waals surface area contributed by atoms with Crippen molar-refractivity contribution < 1.29 is 9.18 Å². The van der Waals surface area contributed by atoms with E-state index in [0.717, 1.165) is 44.1 Å². The zero-order valence-corrected chi connectivity index (χ0v) is 17.5. The largest absolute Gasteiger partial charge is 0.371 e. The molecule has 2 rings (SSSR count). The lowest BCUT2D eigenvalue weighted by atomic mass is 9.96. The summed E-state index contributed by atoms with van der Waals surface area (Å²) in [5.74, 6) is 0.611. The van der Waals surface area contributed by atoms with E-state index >= 15 is 0 Å². The molecule has 0 radical (unpaired) electrons. The molecule has 3 N–H and O–H groups in total. The lowest BCUT2D eigenvalue weighted by Crippen LogP contribution is -2.49. The number of amides is 1. The summed E-state index contributed by atoms with van der Waals surface area (Å²) in [5, 5.41) is 9.66. The summed E-state index contributed by atoms with van der Waals surface area (Å²) >= 11 is 0. The average Bonchev–Trinajstić information content (AvgIpc) is 2.65. The second-order valence-corrected chi connectivity index (χ2v) is 8.15. The summed E-state index contributed by atoms with van der Waals surface area (Å²) in [4.78, 5) is 18.7. The predicted molar refractivity (Wildman–Crippen MR) is 113 cm³/mol. The van der Waals surface area contributed by atoms with Crippen molar-refractivity contribution in [3.05, 3.63) is 30.1 Å². The van der Waals surface area contributed by atoms with Crippen molar-refractivity contribution in [3.63, 3.8) is 0 Å². The number of hydrogen-bond donors (Lipinski definition) is 3. The number of piperidine rings is 1. The van der Waals surface area contributed by atoms with E-state index in [1.165, 1.54) is 6.07 Å². The van der Waals surface area contributed by atoms with Crippen LogP contribution in [0.15, 0.2) is 29.3 Å². The van der Waals surface area contributed by atoms with Gasteiger partial charge in [-0.25, -0.2) is 4.39 Å². The fourth-order valence-electron chi connectivity index (χ4n) is 3.07. The lowest BCUT2D eigenvalue weighted by molar-refractivity contribution is -0.128. The van der Waals surface area contributed by atoms with Crippen LogP contribution in [0.5, 0.6) is 0 Å². The van der Waals surface area contributed by atoms with Gasteiger partial charge in [0.25, 0.3) is 0 Å². The van der Waals surface area contributed by atoms with E-state index in [1.54, 1.807) is 12.1 Å². The number of rotatable bonds is 6. The molecule has 1 saturated heterocycles. The fraction of sp³-hybridized carbons (Fsp3) is 0.619. The van der Waals surface area contributed by atoms with Crippen molar-refractivity contribution >= 4 is 17.6 Å². The highest BCUT2D eigenvalue weighted by molar-refractivity contribution is 5.81. The third-order valence-electron chi connectivity index (χ3n) is 4.70. The summed E-state index contributed by atoms with van der Waals surface area (Å²) in [6.45, 7) is 11.3. The first-order valence-electron chi connectivity index (χ1n) is 10.1. The first-order valence-corrected chi connectivity index (χ1v) is 10.1. The number of nitrogens with zero attached hydrogens (tertiary/aromatic N) is 2. The third-order valence-corrected chi connectivity index (χ3v) is 4.70. The molecule has 1 aliphatic rings. The van der Waals surface area contributed by atoms with Crippen molar-refractivity contribution in [2.75, 3.05) is 37.6 Å². The van der Waals surface area contributed by atoms with E-state index in [2.05, 4.69) is 25.8 Å². The van der Waals surface area contributed by atoms with Gasteiger partial charge in [-0.05, 0) is 38.0 Å². The molecular formula is C21H34FN5O. The molecule has 0 saturated carbocycles. The van der Waals surface area contributed by atoms with Gasteiger partial charge in [-0.1, -0.05) is 26.8 Å². The smallest absolute Gasteiger partial charge is 0.225 e. The molecule has 156 valence electrons. The molecule has 6 nitrogen and oxygen atoms in total. The quantitative estimate of drug-likeness (QED) is 0.396. The van der Waals surface area contributed by atoms with Crippen molar-refractivity contribution in [2.45, 2.75) is 46.6 Å². The average molecular weight is 392 g/mol. The second-order valence-electron chi connectivity index (χ2n) is 8.15. The number of anilines is 1. The number of nitrogens with one attached hydrogen (secondary N) is 3. The zero-order valence-electron chi connectivity index (χ0n) is 17.5. The fourth-order valence-corrected chi connectivity index (χ4v) is 3.07. The number of carbonyl (C=O) groups is 1. The molecule has 7 heteroatoms. The first-order chi connectivity index (χ1) is 13.3. The summed E-state index contributed by atoms with van der Waals surface area (Å²) in [6.07, 6.45) is 1.92. The maximum Gasteiger partial charge on any atom is 0.225 e. The first kappa shape index (κ1) is 22.0. The van der Waals surface area contributed by atoms with Crippen molar-refractivity contribution in [2.24, 2.45) is 10.4 Å². The molecule has 1 heterocycles. The number of carbonyl (C=O) groups excluding carboxylic acids is 1. The van der Waals surface area contributed by atoms with Gasteiger partial charge in [0.05, 0.1) is 6.54 Å². The van der Waals surface area contributed by atoms with E-state index in [0.29, 0.717) is 19.1 Å². The van der Waals surface area contributed by atoms with E-state index in [9.17, 15) is 9.18 Å². The topological polar surface area (TPSA) is 68.8 Å². The number of hydrogen-bond acceptors (Lipinski definition) is 3. The van der Waals surface area contributed by atoms with Crippen molar-refractivity contribution in [3.8, 4) is 0 Å². The Kier molecular flexibility index (Phi) is 8.08. The molecule has 0 aromatic heterocycles. The Hall–Kier alpha value is -2.31. The van der Waals surface area contributed by atoms with E-state index in [4.69, 9.17) is 0 Å². The highest BCUT2D eigenvalue weighted by Gasteiger charge is 2.21. The zero-order chi connectivity index (χ0) is 20.6. The Morgan fingerprint density at radius 1 is 1.25 bits per heavy atom. The van der Waals surface area contributed by atoms with Gasteiger partial charge >= 0.3 is 0 Å². The summed E-state index contributed by atoms with van der Waals surface area (Å²) < 4.78 is 13.4. The van der Waals surface area contributed by atoms with Crippen molar-refractivity contribution in [1.82, 2.24) is 16.0 Å². The van der Waals surface area contributed by atoms with Crippen LogP contribution in [0.3, 0.4) is 0 Å². The number of aliphatic imine (C=N–C) groups is 1. The Bertz CT molecular complexity index is 663. The van der Waals surface area contributed by atoms with Crippen LogP contribution >= 0.6 is 0 Å². The number of benzene rings is 1. The molecule has 1 fully saturated rings. The van der Waals surface area contributed by atoms with Crippen LogP contribution in [0.1, 0.15) is 40.5 Å². The SMILES string of the molecule is CCNC(=NCCNC(=O)C(C)(C)C)NC1CCN(c2cccc(F)c2)CC1. The van der Waals surface area contributed by atoms with Gasteiger partial charge in [0.2, 0.25) is 5.91 Å². The maximum atomic E-state index is 13.4. The van der Waals surface area contributed by atoms with Gasteiger partial charge in [0, 0.05) is 43.3 Å². The minimum Gasteiger partial charge on any atom is -0.371 e. The standard InChI is InChI=1S/C21H34FN5O/c1-5-23-20(25-12-11-24-19(28)21(2,3)4)26-17-9-13-27(14-10-17)18-8-6-7-16(22)15-18/h6-8,15,17H,5,9-14H2,1-4H3,(H,24,28)(H2,23,25,26). The molecule has 0 bridgehead atoms. The molecule has 0 atom stereocenters. The minimum atomic E-state index is -0.387. The van der Waals surface area contributed by atoms with Gasteiger partial charge in [-0.3, -0.25) is 9.79 Å². The van der Waals surface area contributed by atoms with Gasteiger partial charge < -0.3 is 20.9 Å². The van der Waals surface area contributed by atoms with E-state index < -0.39 is 0 Å². The van der Waals surface area contributed by atoms with Gasteiger partial charge in [0.1, 0.15) is 5.82 Å². The molecule has 1 aromatic carbocycles. The second kappa shape index (κ2) is 10.3.